The summed E-state index contributed by atoms with van der Waals surface area (Å²) in [7, 11) is 0. The van der Waals surface area contributed by atoms with E-state index in [1.54, 1.807) is 5.56 Å². The van der Waals surface area contributed by atoms with Gasteiger partial charge < -0.3 is 4.42 Å². The molecule has 4 bridgehead atoms. The molecule has 1 aromatic heterocycles. The number of hydrogen-bond donors (Lipinski definition) is 0. The van der Waals surface area contributed by atoms with E-state index in [-0.39, 0.29) is 0 Å². The Balaban J connectivity index is 1.19. The molecule has 0 amide bonds. The molecule has 3 heteroatoms. The Morgan fingerprint density at radius 2 is 1.58 bits per heavy atom. The van der Waals surface area contributed by atoms with E-state index in [0.29, 0.717) is 5.41 Å². The molecule has 4 fully saturated rings. The summed E-state index contributed by atoms with van der Waals surface area (Å²) < 4.78 is 7.07. The third kappa shape index (κ3) is 3.61. The highest BCUT2D eigenvalue weighted by Gasteiger charge is 2.51. The minimum atomic E-state index is 0.453. The Morgan fingerprint density at radius 3 is 2.23 bits per heavy atom. The lowest BCUT2D eigenvalue weighted by Gasteiger charge is -2.57. The third-order valence-electron chi connectivity index (χ3n) is 7.88. The topological polar surface area (TPSA) is 25.5 Å². The van der Waals surface area contributed by atoms with E-state index in [4.69, 9.17) is 4.42 Å². The number of nitrogens with zero attached hydrogens (tertiary/aromatic N) is 1. The lowest BCUT2D eigenvalue weighted by molar-refractivity contribution is -0.00518. The van der Waals surface area contributed by atoms with Gasteiger partial charge in [0.2, 0.25) is 0 Å². The molecule has 2 aromatic carbocycles. The number of halogens is 1. The maximum atomic E-state index is 6.02. The van der Waals surface area contributed by atoms with Crippen molar-refractivity contribution in [3.8, 4) is 11.3 Å². The van der Waals surface area contributed by atoms with Crippen LogP contribution in [0.15, 0.2) is 68.5 Å². The Morgan fingerprint density at radius 1 is 0.903 bits per heavy atom. The highest BCUT2D eigenvalue weighted by atomic mass is 79.9. The van der Waals surface area contributed by atoms with Gasteiger partial charge in [-0.1, -0.05) is 34.1 Å². The van der Waals surface area contributed by atoms with Gasteiger partial charge in [-0.2, -0.15) is 0 Å². The first kappa shape index (κ1) is 19.5. The fraction of sp³-hybridized carbons (Fsp3) is 0.393. The van der Waals surface area contributed by atoms with Crippen molar-refractivity contribution in [3.63, 3.8) is 0 Å². The van der Waals surface area contributed by atoms with E-state index >= 15 is 0 Å². The number of rotatable bonds is 4. The summed E-state index contributed by atoms with van der Waals surface area (Å²) in [6.45, 7) is 2.09. The van der Waals surface area contributed by atoms with Gasteiger partial charge in [0.15, 0.2) is 0 Å². The molecule has 0 atom stereocenters. The van der Waals surface area contributed by atoms with Gasteiger partial charge in [-0.15, -0.1) is 0 Å². The molecule has 0 spiro atoms. The summed E-state index contributed by atoms with van der Waals surface area (Å²) in [6.07, 6.45) is 10.5. The Labute approximate surface area is 192 Å². The van der Waals surface area contributed by atoms with Crippen LogP contribution in [0.4, 0.5) is 5.69 Å². The van der Waals surface area contributed by atoms with Gasteiger partial charge in [0, 0.05) is 10.0 Å². The first-order chi connectivity index (χ1) is 15.1. The van der Waals surface area contributed by atoms with Gasteiger partial charge in [-0.05, 0) is 116 Å². The number of benzene rings is 2. The molecule has 0 N–H and O–H groups in total. The summed E-state index contributed by atoms with van der Waals surface area (Å²) in [4.78, 5) is 4.68. The van der Waals surface area contributed by atoms with Crippen LogP contribution in [0.1, 0.15) is 55.4 Å². The minimum absolute atomic E-state index is 0.453. The number of aryl methyl sites for hydroxylation is 1. The summed E-state index contributed by atoms with van der Waals surface area (Å²) >= 11 is 3.64. The zero-order valence-electron chi connectivity index (χ0n) is 18.0. The van der Waals surface area contributed by atoms with Gasteiger partial charge in [0.05, 0.1) is 11.9 Å². The zero-order valence-corrected chi connectivity index (χ0v) is 19.6. The van der Waals surface area contributed by atoms with Crippen LogP contribution in [0.5, 0.6) is 0 Å². The molecule has 0 unspecified atom stereocenters. The van der Waals surface area contributed by atoms with Crippen LogP contribution in [0.3, 0.4) is 0 Å². The Hall–Kier alpha value is -2.13. The maximum Gasteiger partial charge on any atom is 0.145 e. The molecule has 7 rings (SSSR count). The van der Waals surface area contributed by atoms with Crippen LogP contribution in [-0.2, 0) is 5.41 Å². The highest BCUT2D eigenvalue weighted by Crippen LogP contribution is 2.60. The fourth-order valence-electron chi connectivity index (χ4n) is 6.89. The monoisotopic (exact) mass is 473 g/mol. The van der Waals surface area contributed by atoms with E-state index in [9.17, 15) is 0 Å². The van der Waals surface area contributed by atoms with Crippen LogP contribution in [0.2, 0.25) is 0 Å². The average molecular weight is 474 g/mol. The molecule has 0 saturated heterocycles. The van der Waals surface area contributed by atoms with Crippen molar-refractivity contribution in [1.29, 1.82) is 0 Å². The number of hydrogen-bond acceptors (Lipinski definition) is 2. The van der Waals surface area contributed by atoms with Gasteiger partial charge in [-0.25, -0.2) is 0 Å². The standard InChI is InChI=1S/C28H28BrNO/c1-18-2-8-25(26(29)10-18)27-9-7-24(31-27)17-30-23-5-3-22(4-6-23)28-14-19-11-20(15-28)13-21(12-19)16-28/h2-10,17,19-21H,11-16H2,1H3. The third-order valence-corrected chi connectivity index (χ3v) is 8.53. The first-order valence-electron chi connectivity index (χ1n) is 11.6. The second kappa shape index (κ2) is 7.48. The molecule has 4 aliphatic rings. The van der Waals surface area contributed by atoms with E-state index in [0.717, 1.165) is 45.0 Å². The second-order valence-corrected chi connectivity index (χ2v) is 11.0. The molecule has 0 aliphatic heterocycles. The predicted octanol–water partition coefficient (Wildman–Crippen LogP) is 8.24. The molecule has 158 valence electrons. The van der Waals surface area contributed by atoms with Crippen LogP contribution >= 0.6 is 15.9 Å². The minimum Gasteiger partial charge on any atom is -0.455 e. The van der Waals surface area contributed by atoms with Gasteiger partial charge in [0.1, 0.15) is 11.5 Å². The van der Waals surface area contributed by atoms with Crippen molar-refractivity contribution in [1.82, 2.24) is 0 Å². The Bertz CT molecular complexity index is 1100. The summed E-state index contributed by atoms with van der Waals surface area (Å²) in [5.41, 5.74) is 5.28. The maximum absolute atomic E-state index is 6.02. The largest absolute Gasteiger partial charge is 0.455 e. The summed E-state index contributed by atoms with van der Waals surface area (Å²) in [5.74, 6) is 4.56. The van der Waals surface area contributed by atoms with E-state index < -0.39 is 0 Å². The normalized spacial score (nSPS) is 29.2. The molecule has 31 heavy (non-hydrogen) atoms. The van der Waals surface area contributed by atoms with Gasteiger partial charge in [0.25, 0.3) is 0 Å². The molecule has 3 aromatic rings. The molecular weight excluding hydrogens is 446 g/mol. The molecule has 2 nitrogen and oxygen atoms in total. The van der Waals surface area contributed by atoms with Gasteiger partial charge >= 0.3 is 0 Å². The Kier molecular flexibility index (Phi) is 4.72. The summed E-state index contributed by atoms with van der Waals surface area (Å²) in [5, 5.41) is 0. The molecule has 1 heterocycles. The van der Waals surface area contributed by atoms with E-state index in [2.05, 4.69) is 70.3 Å². The summed E-state index contributed by atoms with van der Waals surface area (Å²) in [6, 6.07) is 19.3. The van der Waals surface area contributed by atoms with Crippen LogP contribution in [-0.4, -0.2) is 6.21 Å². The smallest absolute Gasteiger partial charge is 0.145 e. The average Bonchev–Trinajstić information content (AvgIpc) is 3.20. The van der Waals surface area contributed by atoms with Crippen LogP contribution in [0.25, 0.3) is 11.3 Å². The lowest BCUT2D eigenvalue weighted by atomic mass is 9.48. The van der Waals surface area contributed by atoms with Crippen molar-refractivity contribution in [2.24, 2.45) is 22.7 Å². The van der Waals surface area contributed by atoms with Crippen molar-refractivity contribution in [2.45, 2.75) is 50.9 Å². The van der Waals surface area contributed by atoms with Crippen molar-refractivity contribution in [2.75, 3.05) is 0 Å². The quantitative estimate of drug-likeness (QED) is 0.350. The second-order valence-electron chi connectivity index (χ2n) is 10.2. The highest BCUT2D eigenvalue weighted by molar-refractivity contribution is 9.10. The molecular formula is C28H28BrNO. The van der Waals surface area contributed by atoms with E-state index in [1.807, 2.05) is 18.3 Å². The van der Waals surface area contributed by atoms with Crippen molar-refractivity contribution in [3.05, 3.63) is 76.0 Å². The molecule has 0 radical (unpaired) electrons. The lowest BCUT2D eigenvalue weighted by Crippen LogP contribution is -2.48. The number of furan rings is 1. The van der Waals surface area contributed by atoms with Gasteiger partial charge in [-0.3, -0.25) is 4.99 Å². The van der Waals surface area contributed by atoms with Crippen LogP contribution < -0.4 is 0 Å². The number of aliphatic imine (C=N–C) groups is 1. The van der Waals surface area contributed by atoms with Crippen molar-refractivity contribution >= 4 is 27.8 Å². The fourth-order valence-corrected chi connectivity index (χ4v) is 7.58. The van der Waals surface area contributed by atoms with Crippen molar-refractivity contribution < 1.29 is 4.42 Å². The van der Waals surface area contributed by atoms with Crippen LogP contribution in [0, 0.1) is 24.7 Å². The first-order valence-corrected chi connectivity index (χ1v) is 12.4. The SMILES string of the molecule is Cc1ccc(-c2ccc(C=Nc3ccc(C45CC6CC(CC(C6)C4)C5)cc3)o2)c(Br)c1. The van der Waals surface area contributed by atoms with E-state index in [1.165, 1.54) is 44.1 Å². The molecule has 4 aliphatic carbocycles. The predicted molar refractivity (Wildman–Crippen MR) is 130 cm³/mol. The molecule has 4 saturated carbocycles. The zero-order chi connectivity index (χ0) is 21.0.